The van der Waals surface area contributed by atoms with Gasteiger partial charge in [-0.05, 0) is 69.0 Å². The summed E-state index contributed by atoms with van der Waals surface area (Å²) in [5, 5.41) is 9.26. The summed E-state index contributed by atoms with van der Waals surface area (Å²) in [4.78, 5) is 21.7. The van der Waals surface area contributed by atoms with Gasteiger partial charge in [0.15, 0.2) is 0 Å². The first kappa shape index (κ1) is 18.6. The molecule has 3 atom stereocenters. The van der Waals surface area contributed by atoms with E-state index in [0.717, 1.165) is 36.3 Å². The molecule has 2 aliphatic heterocycles. The summed E-state index contributed by atoms with van der Waals surface area (Å²) in [5.74, 6) is 0.0951. The van der Waals surface area contributed by atoms with Gasteiger partial charge in [-0.3, -0.25) is 14.7 Å². The lowest BCUT2D eigenvalue weighted by Crippen LogP contribution is -2.49. The number of hydrogen-bond acceptors (Lipinski definition) is 4. The number of aromatic nitrogens is 1. The predicted octanol–water partition coefficient (Wildman–Crippen LogP) is 3.54. The Kier molecular flexibility index (Phi) is 4.68. The molecule has 0 spiro atoms. The molecule has 1 amide bonds. The van der Waals surface area contributed by atoms with Crippen LogP contribution in [0.5, 0.6) is 0 Å². The number of amides is 1. The molecule has 28 heavy (non-hydrogen) atoms. The normalized spacial score (nSPS) is 22.3. The lowest BCUT2D eigenvalue weighted by molar-refractivity contribution is 0.0568. The molecular weight excluding hydrogens is 348 g/mol. The Labute approximate surface area is 166 Å². The third-order valence-electron chi connectivity index (χ3n) is 6.60. The molecule has 144 valence electrons. The third-order valence-corrected chi connectivity index (χ3v) is 6.60. The van der Waals surface area contributed by atoms with E-state index in [1.165, 1.54) is 11.1 Å². The van der Waals surface area contributed by atoms with Gasteiger partial charge in [-0.25, -0.2) is 0 Å². The lowest BCUT2D eigenvalue weighted by atomic mass is 9.93. The summed E-state index contributed by atoms with van der Waals surface area (Å²) in [6.07, 6.45) is 2.72. The number of benzene rings is 1. The Hall–Kier alpha value is -2.71. The van der Waals surface area contributed by atoms with E-state index in [0.29, 0.717) is 11.6 Å². The molecule has 2 saturated heterocycles. The van der Waals surface area contributed by atoms with Crippen LogP contribution in [0.3, 0.4) is 0 Å². The number of pyridine rings is 1. The fourth-order valence-electron chi connectivity index (χ4n) is 4.77. The Morgan fingerprint density at radius 3 is 2.54 bits per heavy atom. The van der Waals surface area contributed by atoms with Crippen molar-refractivity contribution in [1.29, 1.82) is 5.26 Å². The maximum atomic E-state index is 12.9. The monoisotopic (exact) mass is 374 g/mol. The van der Waals surface area contributed by atoms with Gasteiger partial charge in [-0.2, -0.15) is 5.26 Å². The van der Waals surface area contributed by atoms with E-state index in [1.807, 2.05) is 36.9 Å². The van der Waals surface area contributed by atoms with Crippen molar-refractivity contribution in [3.05, 3.63) is 64.0 Å². The van der Waals surface area contributed by atoms with Crippen molar-refractivity contribution in [2.24, 2.45) is 0 Å². The molecule has 5 nitrogen and oxygen atoms in total. The van der Waals surface area contributed by atoms with E-state index >= 15 is 0 Å². The minimum absolute atomic E-state index is 0.0951. The number of rotatable bonds is 3. The van der Waals surface area contributed by atoms with E-state index in [1.54, 1.807) is 6.20 Å². The molecule has 0 aliphatic carbocycles. The van der Waals surface area contributed by atoms with E-state index in [9.17, 15) is 10.1 Å². The molecule has 0 N–H and O–H groups in total. The zero-order valence-corrected chi connectivity index (χ0v) is 16.9. The largest absolute Gasteiger partial charge is 0.333 e. The number of likely N-dealkylation sites (tertiary alicyclic amines) is 2. The van der Waals surface area contributed by atoms with Gasteiger partial charge < -0.3 is 4.90 Å². The molecule has 3 heterocycles. The van der Waals surface area contributed by atoms with Crippen LogP contribution in [0, 0.1) is 32.1 Å². The Bertz CT molecular complexity index is 960. The molecule has 2 fully saturated rings. The second-order valence-electron chi connectivity index (χ2n) is 8.13. The van der Waals surface area contributed by atoms with E-state index in [-0.39, 0.29) is 18.0 Å². The summed E-state index contributed by atoms with van der Waals surface area (Å²) >= 11 is 0. The summed E-state index contributed by atoms with van der Waals surface area (Å²) < 4.78 is 0. The van der Waals surface area contributed by atoms with Crippen LogP contribution in [-0.2, 0) is 0 Å². The van der Waals surface area contributed by atoms with Crippen molar-refractivity contribution in [3.8, 4) is 6.07 Å². The maximum Gasteiger partial charge on any atom is 0.255 e. The van der Waals surface area contributed by atoms with Crippen LogP contribution in [0.15, 0.2) is 30.5 Å². The zero-order chi connectivity index (χ0) is 20.0. The number of fused-ring (bicyclic) bond motifs is 2. The molecule has 0 unspecified atom stereocenters. The maximum absolute atomic E-state index is 12.9. The quantitative estimate of drug-likeness (QED) is 0.824. The standard InChI is InChI=1S/C23H26N4O/c1-14-5-6-19(11-25-14)23(28)27-13-20-9-21(27)12-26(20)17(4)22-8-7-18(10-24)15(2)16(22)3/h5-8,11,17,20-21H,9,12-13H2,1-4H3/t17-,20+,21+/m0/s1. The zero-order valence-electron chi connectivity index (χ0n) is 16.9. The lowest BCUT2D eigenvalue weighted by Gasteiger charge is -2.38. The Balaban J connectivity index is 1.50. The van der Waals surface area contributed by atoms with Crippen LogP contribution in [0.2, 0.25) is 0 Å². The van der Waals surface area contributed by atoms with Crippen molar-refractivity contribution < 1.29 is 4.79 Å². The summed E-state index contributed by atoms with van der Waals surface area (Å²) in [6, 6.07) is 11.0. The minimum Gasteiger partial charge on any atom is -0.333 e. The molecule has 2 aliphatic rings. The molecule has 4 rings (SSSR count). The van der Waals surface area contributed by atoms with Gasteiger partial charge in [-0.15, -0.1) is 0 Å². The van der Waals surface area contributed by atoms with Crippen molar-refractivity contribution in [1.82, 2.24) is 14.8 Å². The van der Waals surface area contributed by atoms with Crippen LogP contribution < -0.4 is 0 Å². The van der Waals surface area contributed by atoms with Crippen LogP contribution in [-0.4, -0.2) is 45.9 Å². The Morgan fingerprint density at radius 1 is 1.14 bits per heavy atom. The SMILES string of the molecule is Cc1ccc(C(=O)N2C[C@H]3C[C@@H]2CN3[C@@H](C)c2ccc(C#N)c(C)c2C)cn1. The molecule has 5 heteroatoms. The number of carbonyl (C=O) groups excluding carboxylic acids is 1. The van der Waals surface area contributed by atoms with Gasteiger partial charge in [0, 0.05) is 43.1 Å². The summed E-state index contributed by atoms with van der Waals surface area (Å²) in [6.45, 7) is 9.97. The average Bonchev–Trinajstić information content (AvgIpc) is 3.30. The first-order chi connectivity index (χ1) is 13.4. The molecule has 0 saturated carbocycles. The second-order valence-corrected chi connectivity index (χ2v) is 8.13. The predicted molar refractivity (Wildman–Crippen MR) is 108 cm³/mol. The highest BCUT2D eigenvalue weighted by Crippen LogP contribution is 2.38. The number of hydrogen-bond donors (Lipinski definition) is 0. The number of nitriles is 1. The van der Waals surface area contributed by atoms with Crippen molar-refractivity contribution >= 4 is 5.91 Å². The van der Waals surface area contributed by atoms with Crippen LogP contribution >= 0.6 is 0 Å². The summed E-state index contributed by atoms with van der Waals surface area (Å²) in [7, 11) is 0. The van der Waals surface area contributed by atoms with E-state index in [2.05, 4.69) is 35.9 Å². The van der Waals surface area contributed by atoms with Crippen LogP contribution in [0.1, 0.15) is 57.7 Å². The molecule has 2 bridgehead atoms. The van der Waals surface area contributed by atoms with Crippen LogP contribution in [0.4, 0.5) is 0 Å². The Morgan fingerprint density at radius 2 is 1.93 bits per heavy atom. The second kappa shape index (κ2) is 7.03. The number of piperazine rings is 1. The third kappa shape index (κ3) is 2.98. The molecule has 1 aromatic carbocycles. The van der Waals surface area contributed by atoms with Gasteiger partial charge in [0.05, 0.1) is 17.2 Å². The highest BCUT2D eigenvalue weighted by atomic mass is 16.2. The molecule has 2 aromatic rings. The van der Waals surface area contributed by atoms with Gasteiger partial charge >= 0.3 is 0 Å². The fraction of sp³-hybridized carbons (Fsp3) is 0.435. The van der Waals surface area contributed by atoms with Crippen LogP contribution in [0.25, 0.3) is 0 Å². The molecule has 0 radical (unpaired) electrons. The first-order valence-electron chi connectivity index (χ1n) is 9.90. The van der Waals surface area contributed by atoms with Gasteiger partial charge in [0.25, 0.3) is 5.91 Å². The number of carbonyl (C=O) groups is 1. The van der Waals surface area contributed by atoms with Crippen molar-refractivity contribution in [2.45, 2.75) is 52.2 Å². The minimum atomic E-state index is 0.0951. The smallest absolute Gasteiger partial charge is 0.255 e. The molecular formula is C23H26N4O. The molecule has 1 aromatic heterocycles. The van der Waals surface area contributed by atoms with Gasteiger partial charge in [-0.1, -0.05) is 6.07 Å². The first-order valence-corrected chi connectivity index (χ1v) is 9.90. The fourth-order valence-corrected chi connectivity index (χ4v) is 4.77. The highest BCUT2D eigenvalue weighted by Gasteiger charge is 2.47. The average molecular weight is 374 g/mol. The number of aryl methyl sites for hydroxylation is 1. The van der Waals surface area contributed by atoms with Gasteiger partial charge in [0.1, 0.15) is 0 Å². The van der Waals surface area contributed by atoms with Crippen molar-refractivity contribution in [3.63, 3.8) is 0 Å². The van der Waals surface area contributed by atoms with E-state index < -0.39 is 0 Å². The highest BCUT2D eigenvalue weighted by molar-refractivity contribution is 5.94. The summed E-state index contributed by atoms with van der Waals surface area (Å²) in [5.41, 5.74) is 5.90. The number of nitrogens with zero attached hydrogens (tertiary/aromatic N) is 4. The van der Waals surface area contributed by atoms with Gasteiger partial charge in [0.2, 0.25) is 0 Å². The van der Waals surface area contributed by atoms with Crippen molar-refractivity contribution in [2.75, 3.05) is 13.1 Å². The topological polar surface area (TPSA) is 60.2 Å². The van der Waals surface area contributed by atoms with E-state index in [4.69, 9.17) is 0 Å².